The van der Waals surface area contributed by atoms with Crippen molar-refractivity contribution in [2.24, 2.45) is 7.05 Å². The molecular formula is C21H24N4O3S. The number of nitrogens with one attached hydrogen (secondary N) is 1. The van der Waals surface area contributed by atoms with Crippen LogP contribution in [0.2, 0.25) is 0 Å². The number of hydrogen-bond acceptors (Lipinski definition) is 6. The largest absolute Gasteiger partial charge is 0.497 e. The Hall–Kier alpha value is -3.00. The molecule has 0 bridgehead atoms. The average Bonchev–Trinajstić information content (AvgIpc) is 3.07. The van der Waals surface area contributed by atoms with E-state index < -0.39 is 0 Å². The Morgan fingerprint density at radius 2 is 1.90 bits per heavy atom. The highest BCUT2D eigenvalue weighted by Gasteiger charge is 2.13. The van der Waals surface area contributed by atoms with Gasteiger partial charge >= 0.3 is 0 Å². The van der Waals surface area contributed by atoms with Crippen molar-refractivity contribution in [3.63, 3.8) is 0 Å². The summed E-state index contributed by atoms with van der Waals surface area (Å²) in [5.74, 6) is 2.39. The number of thioether (sulfide) groups is 1. The number of carbonyl (C=O) groups excluding carboxylic acids is 1. The molecule has 0 unspecified atom stereocenters. The maximum Gasteiger partial charge on any atom is 0.234 e. The van der Waals surface area contributed by atoms with E-state index in [4.69, 9.17) is 9.47 Å². The van der Waals surface area contributed by atoms with Crippen LogP contribution in [0, 0.1) is 13.8 Å². The quantitative estimate of drug-likeness (QED) is 0.568. The van der Waals surface area contributed by atoms with Crippen molar-refractivity contribution in [3.05, 3.63) is 59.4 Å². The number of anilines is 1. The molecule has 1 amide bonds. The zero-order valence-electron chi connectivity index (χ0n) is 16.9. The highest BCUT2D eigenvalue weighted by atomic mass is 32.2. The second-order valence-electron chi connectivity index (χ2n) is 6.58. The lowest BCUT2D eigenvalue weighted by molar-refractivity contribution is -0.113. The summed E-state index contributed by atoms with van der Waals surface area (Å²) in [4.78, 5) is 12.2. The number of aryl methyl sites for hydroxylation is 2. The van der Waals surface area contributed by atoms with E-state index in [1.165, 1.54) is 11.8 Å². The van der Waals surface area contributed by atoms with Gasteiger partial charge in [-0.25, -0.2) is 0 Å². The second-order valence-corrected chi connectivity index (χ2v) is 7.52. The van der Waals surface area contributed by atoms with Gasteiger partial charge in [-0.05, 0) is 55.3 Å². The fourth-order valence-electron chi connectivity index (χ4n) is 2.60. The van der Waals surface area contributed by atoms with E-state index in [0.29, 0.717) is 17.6 Å². The lowest BCUT2D eigenvalue weighted by atomic mass is 10.1. The van der Waals surface area contributed by atoms with E-state index in [9.17, 15) is 4.79 Å². The molecule has 0 spiro atoms. The monoisotopic (exact) mass is 412 g/mol. The van der Waals surface area contributed by atoms with Gasteiger partial charge in [-0.2, -0.15) is 0 Å². The number of aromatic nitrogens is 3. The first-order chi connectivity index (χ1) is 14.0. The van der Waals surface area contributed by atoms with Gasteiger partial charge in [-0.3, -0.25) is 4.79 Å². The van der Waals surface area contributed by atoms with Gasteiger partial charge in [0.25, 0.3) is 0 Å². The Labute approximate surface area is 174 Å². The van der Waals surface area contributed by atoms with Gasteiger partial charge in [-0.1, -0.05) is 23.9 Å². The molecule has 0 saturated heterocycles. The minimum atomic E-state index is -0.114. The topological polar surface area (TPSA) is 78.3 Å². The van der Waals surface area contributed by atoms with Gasteiger partial charge in [0.1, 0.15) is 18.1 Å². The molecule has 0 radical (unpaired) electrons. The van der Waals surface area contributed by atoms with Crippen LogP contribution in [0.4, 0.5) is 5.69 Å². The molecule has 0 fully saturated rings. The SMILES string of the molecule is COc1ccc(NC(=O)CSc2nnc(COc3cc(C)ccc3C)n2C)cc1. The third-order valence-corrected chi connectivity index (χ3v) is 5.35. The fraction of sp³-hybridized carbons (Fsp3) is 0.286. The minimum Gasteiger partial charge on any atom is -0.497 e. The lowest BCUT2D eigenvalue weighted by Gasteiger charge is -2.10. The smallest absolute Gasteiger partial charge is 0.234 e. The maximum absolute atomic E-state index is 12.2. The summed E-state index contributed by atoms with van der Waals surface area (Å²) >= 11 is 1.33. The van der Waals surface area contributed by atoms with Crippen molar-refractivity contribution < 1.29 is 14.3 Å². The molecule has 0 aliphatic heterocycles. The summed E-state index contributed by atoms with van der Waals surface area (Å²) in [6.07, 6.45) is 0. The number of hydrogen-bond donors (Lipinski definition) is 1. The number of benzene rings is 2. The van der Waals surface area contributed by atoms with Gasteiger partial charge < -0.3 is 19.4 Å². The molecule has 29 heavy (non-hydrogen) atoms. The van der Waals surface area contributed by atoms with E-state index in [2.05, 4.69) is 21.6 Å². The average molecular weight is 413 g/mol. The van der Waals surface area contributed by atoms with Crippen LogP contribution < -0.4 is 14.8 Å². The van der Waals surface area contributed by atoms with Crippen LogP contribution in [0.1, 0.15) is 17.0 Å². The first kappa shape index (κ1) is 20.7. The normalized spacial score (nSPS) is 10.6. The Kier molecular flexibility index (Phi) is 6.77. The summed E-state index contributed by atoms with van der Waals surface area (Å²) in [7, 11) is 3.47. The molecule has 1 heterocycles. The molecular weight excluding hydrogens is 388 g/mol. The van der Waals surface area contributed by atoms with Crippen LogP contribution in [-0.4, -0.2) is 33.5 Å². The Morgan fingerprint density at radius 1 is 1.14 bits per heavy atom. The molecule has 8 heteroatoms. The fourth-order valence-corrected chi connectivity index (χ4v) is 3.33. The van der Waals surface area contributed by atoms with Crippen molar-refractivity contribution in [1.29, 1.82) is 0 Å². The van der Waals surface area contributed by atoms with Gasteiger partial charge in [0.2, 0.25) is 5.91 Å². The first-order valence-corrected chi connectivity index (χ1v) is 10.1. The number of rotatable bonds is 8. The zero-order valence-corrected chi connectivity index (χ0v) is 17.7. The number of ether oxygens (including phenoxy) is 2. The van der Waals surface area contributed by atoms with Gasteiger partial charge in [-0.15, -0.1) is 10.2 Å². The predicted octanol–water partition coefficient (Wildman–Crippen LogP) is 3.75. The molecule has 0 atom stereocenters. The van der Waals surface area contributed by atoms with Crippen molar-refractivity contribution in [2.75, 3.05) is 18.2 Å². The molecule has 0 aliphatic carbocycles. The van der Waals surface area contributed by atoms with Gasteiger partial charge in [0, 0.05) is 12.7 Å². The van der Waals surface area contributed by atoms with Crippen LogP contribution in [0.5, 0.6) is 11.5 Å². The standard InChI is InChI=1S/C21H24N4O3S/c1-14-5-6-15(2)18(11-14)28-12-19-23-24-21(25(19)3)29-13-20(26)22-16-7-9-17(27-4)10-8-16/h5-11H,12-13H2,1-4H3,(H,22,26). The van der Waals surface area contributed by atoms with Crippen LogP contribution in [0.25, 0.3) is 0 Å². The van der Waals surface area contributed by atoms with Crippen molar-refractivity contribution in [1.82, 2.24) is 14.8 Å². The molecule has 3 rings (SSSR count). The summed E-state index contributed by atoms with van der Waals surface area (Å²) in [5.41, 5.74) is 2.93. The summed E-state index contributed by atoms with van der Waals surface area (Å²) in [6.45, 7) is 4.35. The van der Waals surface area contributed by atoms with E-state index >= 15 is 0 Å². The number of carbonyl (C=O) groups is 1. The van der Waals surface area contributed by atoms with Crippen LogP contribution in [-0.2, 0) is 18.4 Å². The highest BCUT2D eigenvalue weighted by Crippen LogP contribution is 2.22. The Balaban J connectivity index is 1.53. The van der Waals surface area contributed by atoms with Crippen LogP contribution in [0.3, 0.4) is 0 Å². The molecule has 152 valence electrons. The van der Waals surface area contributed by atoms with Crippen LogP contribution in [0.15, 0.2) is 47.6 Å². The molecule has 7 nitrogen and oxygen atoms in total. The van der Waals surface area contributed by atoms with Gasteiger partial charge in [0.15, 0.2) is 11.0 Å². The molecule has 2 aromatic carbocycles. The lowest BCUT2D eigenvalue weighted by Crippen LogP contribution is -2.14. The van der Waals surface area contributed by atoms with Crippen molar-refractivity contribution in [2.45, 2.75) is 25.6 Å². The molecule has 0 saturated carbocycles. The molecule has 0 aliphatic rings. The molecule has 1 N–H and O–H groups in total. The third-order valence-electron chi connectivity index (χ3n) is 4.33. The predicted molar refractivity (Wildman–Crippen MR) is 114 cm³/mol. The highest BCUT2D eigenvalue weighted by molar-refractivity contribution is 7.99. The second kappa shape index (κ2) is 9.47. The maximum atomic E-state index is 12.2. The number of methoxy groups -OCH3 is 1. The van der Waals surface area contributed by atoms with E-state index in [1.807, 2.05) is 37.6 Å². The minimum absolute atomic E-state index is 0.114. The van der Waals surface area contributed by atoms with E-state index in [-0.39, 0.29) is 11.7 Å². The number of amides is 1. The summed E-state index contributed by atoms with van der Waals surface area (Å²) < 4.78 is 12.9. The zero-order chi connectivity index (χ0) is 20.8. The summed E-state index contributed by atoms with van der Waals surface area (Å²) in [5, 5.41) is 11.9. The van der Waals surface area contributed by atoms with E-state index in [0.717, 1.165) is 28.3 Å². The van der Waals surface area contributed by atoms with Gasteiger partial charge in [0.05, 0.1) is 12.9 Å². The summed E-state index contributed by atoms with van der Waals surface area (Å²) in [6, 6.07) is 13.3. The molecule has 3 aromatic rings. The Morgan fingerprint density at radius 3 is 2.62 bits per heavy atom. The molecule has 1 aromatic heterocycles. The van der Waals surface area contributed by atoms with Crippen LogP contribution >= 0.6 is 11.8 Å². The Bertz CT molecular complexity index is 986. The van der Waals surface area contributed by atoms with Crippen molar-refractivity contribution in [3.8, 4) is 11.5 Å². The number of nitrogens with zero attached hydrogens (tertiary/aromatic N) is 3. The van der Waals surface area contributed by atoms with E-state index in [1.54, 1.807) is 31.4 Å². The van der Waals surface area contributed by atoms with Crippen molar-refractivity contribution >= 4 is 23.4 Å². The third kappa shape index (κ3) is 5.51. The first-order valence-electron chi connectivity index (χ1n) is 9.11.